The van der Waals surface area contributed by atoms with Crippen LogP contribution in [0, 0.1) is 12.8 Å². The second-order valence-corrected chi connectivity index (χ2v) is 5.17. The Kier molecular flexibility index (Phi) is 6.03. The van der Waals surface area contributed by atoms with E-state index in [0.717, 1.165) is 5.56 Å². The molecule has 0 spiro atoms. The zero-order valence-corrected chi connectivity index (χ0v) is 12.0. The molecule has 1 rings (SSSR count). The lowest BCUT2D eigenvalue weighted by Crippen LogP contribution is -2.49. The van der Waals surface area contributed by atoms with Crippen LogP contribution in [0.1, 0.15) is 25.8 Å². The first-order chi connectivity index (χ1) is 9.38. The van der Waals surface area contributed by atoms with E-state index in [1.54, 1.807) is 12.1 Å². The van der Waals surface area contributed by atoms with Crippen LogP contribution in [0.2, 0.25) is 0 Å². The molecule has 110 valence electrons. The van der Waals surface area contributed by atoms with Crippen molar-refractivity contribution in [3.8, 4) is 5.75 Å². The van der Waals surface area contributed by atoms with Gasteiger partial charge in [0.2, 0.25) is 0 Å². The molecule has 0 fully saturated rings. The van der Waals surface area contributed by atoms with Crippen LogP contribution in [-0.4, -0.2) is 24.5 Å². The molecule has 0 unspecified atom stereocenters. The number of carbonyl (C=O) groups is 2. The number of hydrogen-bond donors (Lipinski definition) is 1. The van der Waals surface area contributed by atoms with E-state index in [4.69, 9.17) is 4.74 Å². The first kappa shape index (κ1) is 16.0. The number of rotatable bonds is 7. The van der Waals surface area contributed by atoms with Crippen LogP contribution in [0.15, 0.2) is 24.3 Å². The van der Waals surface area contributed by atoms with Crippen LogP contribution in [0.5, 0.6) is 5.75 Å². The van der Waals surface area contributed by atoms with E-state index in [9.17, 15) is 14.7 Å². The van der Waals surface area contributed by atoms with Gasteiger partial charge >= 0.3 is 0 Å². The minimum atomic E-state index is -1.28. The Labute approximate surface area is 118 Å². The van der Waals surface area contributed by atoms with E-state index in [2.05, 4.69) is 5.32 Å². The number of carboxylic acid groups (broad SMARTS) is 1. The molecule has 0 aliphatic heterocycles. The van der Waals surface area contributed by atoms with Gasteiger partial charge in [-0.05, 0) is 31.4 Å². The van der Waals surface area contributed by atoms with Crippen molar-refractivity contribution in [2.24, 2.45) is 5.92 Å². The highest BCUT2D eigenvalue weighted by atomic mass is 16.5. The van der Waals surface area contributed by atoms with Gasteiger partial charge in [-0.25, -0.2) is 0 Å². The smallest absolute Gasteiger partial charge is 0.258 e. The number of aryl methyl sites for hydroxylation is 1. The maximum atomic E-state index is 11.7. The molecule has 0 aliphatic rings. The predicted octanol–water partition coefficient (Wildman–Crippen LogP) is 0.655. The van der Waals surface area contributed by atoms with Gasteiger partial charge in [0.25, 0.3) is 5.91 Å². The van der Waals surface area contributed by atoms with Gasteiger partial charge in [0.1, 0.15) is 5.75 Å². The first-order valence-electron chi connectivity index (χ1n) is 6.58. The highest BCUT2D eigenvalue weighted by molar-refractivity contribution is 5.83. The Bertz CT molecular complexity index is 453. The zero-order valence-electron chi connectivity index (χ0n) is 12.0. The Balaban J connectivity index is 2.45. The molecule has 0 bridgehead atoms. The van der Waals surface area contributed by atoms with Gasteiger partial charge in [0.15, 0.2) is 6.61 Å². The summed E-state index contributed by atoms with van der Waals surface area (Å²) in [6, 6.07) is 6.27. The summed E-state index contributed by atoms with van der Waals surface area (Å²) in [5.41, 5.74) is 1.09. The van der Waals surface area contributed by atoms with Crippen molar-refractivity contribution < 1.29 is 19.4 Å². The molecule has 1 amide bonds. The molecule has 5 heteroatoms. The molecule has 1 atom stereocenters. The Morgan fingerprint density at radius 1 is 1.25 bits per heavy atom. The molecule has 0 saturated carbocycles. The summed E-state index contributed by atoms with van der Waals surface area (Å²) in [4.78, 5) is 22.6. The zero-order chi connectivity index (χ0) is 15.1. The average molecular weight is 278 g/mol. The highest BCUT2D eigenvalue weighted by Gasteiger charge is 2.15. The standard InChI is InChI=1S/C15H21NO4/c1-10(2)8-13(15(18)19)16-14(17)9-20-12-6-4-11(3)5-7-12/h4-7,10,13H,8-9H2,1-3H3,(H,16,17)(H,18,19)/p-1/t13-/m1/s1. The third kappa shape index (κ3) is 5.73. The van der Waals surface area contributed by atoms with Crippen molar-refractivity contribution in [3.63, 3.8) is 0 Å². The van der Waals surface area contributed by atoms with E-state index < -0.39 is 17.9 Å². The lowest BCUT2D eigenvalue weighted by molar-refractivity contribution is -0.308. The van der Waals surface area contributed by atoms with Gasteiger partial charge in [-0.2, -0.15) is 0 Å². The summed E-state index contributed by atoms with van der Waals surface area (Å²) >= 11 is 0. The molecule has 20 heavy (non-hydrogen) atoms. The number of benzene rings is 1. The minimum absolute atomic E-state index is 0.149. The van der Waals surface area contributed by atoms with Gasteiger partial charge in [0, 0.05) is 0 Å². The molecule has 1 aromatic rings. The molecular weight excluding hydrogens is 258 g/mol. The first-order valence-corrected chi connectivity index (χ1v) is 6.58. The lowest BCUT2D eigenvalue weighted by Gasteiger charge is -2.21. The molecule has 0 radical (unpaired) electrons. The third-order valence-electron chi connectivity index (χ3n) is 2.72. The fourth-order valence-electron chi connectivity index (χ4n) is 1.70. The maximum absolute atomic E-state index is 11.7. The number of aliphatic carboxylic acids is 1. The number of nitrogens with one attached hydrogen (secondary N) is 1. The van der Waals surface area contributed by atoms with Crippen LogP contribution in [0.3, 0.4) is 0 Å². The van der Waals surface area contributed by atoms with Gasteiger partial charge in [-0.3, -0.25) is 4.79 Å². The second kappa shape index (κ2) is 7.53. The Morgan fingerprint density at radius 3 is 2.35 bits per heavy atom. The highest BCUT2D eigenvalue weighted by Crippen LogP contribution is 2.11. The monoisotopic (exact) mass is 278 g/mol. The lowest BCUT2D eigenvalue weighted by atomic mass is 10.0. The van der Waals surface area contributed by atoms with Crippen LogP contribution < -0.4 is 15.2 Å². The summed E-state index contributed by atoms with van der Waals surface area (Å²) in [6.07, 6.45) is 0.332. The van der Waals surface area contributed by atoms with Crippen molar-refractivity contribution in [2.75, 3.05) is 6.61 Å². The maximum Gasteiger partial charge on any atom is 0.258 e. The van der Waals surface area contributed by atoms with Gasteiger partial charge in [0.05, 0.1) is 12.0 Å². The number of carboxylic acids is 1. The predicted molar refractivity (Wildman–Crippen MR) is 73.1 cm³/mol. The second-order valence-electron chi connectivity index (χ2n) is 5.17. The van der Waals surface area contributed by atoms with Gasteiger partial charge in [-0.15, -0.1) is 0 Å². The topological polar surface area (TPSA) is 78.5 Å². The van der Waals surface area contributed by atoms with Crippen LogP contribution >= 0.6 is 0 Å². The summed E-state index contributed by atoms with van der Waals surface area (Å²) in [7, 11) is 0. The van der Waals surface area contributed by atoms with Crippen molar-refractivity contribution in [1.82, 2.24) is 5.32 Å². The number of amides is 1. The summed E-state index contributed by atoms with van der Waals surface area (Å²) in [5, 5.41) is 13.3. The summed E-state index contributed by atoms with van der Waals surface area (Å²) in [6.45, 7) is 5.49. The van der Waals surface area contributed by atoms with Crippen LogP contribution in [0.4, 0.5) is 0 Å². The molecule has 5 nitrogen and oxygen atoms in total. The fourth-order valence-corrected chi connectivity index (χ4v) is 1.70. The van der Waals surface area contributed by atoms with Crippen molar-refractivity contribution in [2.45, 2.75) is 33.2 Å². The molecule has 0 aliphatic carbocycles. The van der Waals surface area contributed by atoms with Crippen LogP contribution in [0.25, 0.3) is 0 Å². The van der Waals surface area contributed by atoms with Crippen molar-refractivity contribution in [1.29, 1.82) is 0 Å². The number of carbonyl (C=O) groups excluding carboxylic acids is 2. The molecule has 0 heterocycles. The van der Waals surface area contributed by atoms with Crippen molar-refractivity contribution in [3.05, 3.63) is 29.8 Å². The minimum Gasteiger partial charge on any atom is -0.548 e. The molecule has 1 N–H and O–H groups in total. The van der Waals surface area contributed by atoms with E-state index >= 15 is 0 Å². The third-order valence-corrected chi connectivity index (χ3v) is 2.72. The SMILES string of the molecule is Cc1ccc(OCC(=O)N[C@H](CC(C)C)C(=O)[O-])cc1. The Morgan fingerprint density at radius 2 is 1.85 bits per heavy atom. The van der Waals surface area contributed by atoms with Gasteiger partial charge in [-0.1, -0.05) is 31.5 Å². The van der Waals surface area contributed by atoms with E-state index in [1.165, 1.54) is 0 Å². The van der Waals surface area contributed by atoms with Crippen LogP contribution in [-0.2, 0) is 9.59 Å². The molecular formula is C15H20NO4-. The fraction of sp³-hybridized carbons (Fsp3) is 0.467. The van der Waals surface area contributed by atoms with Crippen molar-refractivity contribution >= 4 is 11.9 Å². The molecule has 1 aromatic carbocycles. The Hall–Kier alpha value is -2.04. The van der Waals surface area contributed by atoms with Gasteiger partial charge < -0.3 is 20.0 Å². The molecule has 0 saturated heterocycles. The summed E-state index contributed by atoms with van der Waals surface area (Å²) < 4.78 is 5.28. The summed E-state index contributed by atoms with van der Waals surface area (Å²) in [5.74, 6) is -1.03. The largest absolute Gasteiger partial charge is 0.548 e. The molecule has 0 aromatic heterocycles. The van der Waals surface area contributed by atoms with E-state index in [-0.39, 0.29) is 12.5 Å². The van der Waals surface area contributed by atoms with E-state index in [0.29, 0.717) is 12.2 Å². The average Bonchev–Trinajstić information content (AvgIpc) is 2.36. The quantitative estimate of drug-likeness (QED) is 0.794. The van der Waals surface area contributed by atoms with E-state index in [1.807, 2.05) is 32.9 Å². The number of ether oxygens (including phenoxy) is 1. The number of hydrogen-bond acceptors (Lipinski definition) is 4. The normalized spacial score (nSPS) is 12.0.